The van der Waals surface area contributed by atoms with Gasteiger partial charge in [-0.1, -0.05) is 251 Å². The predicted octanol–water partition coefficient (Wildman–Crippen LogP) is 14.8. The molecular formula is C52H105N2O6P. The van der Waals surface area contributed by atoms with Crippen LogP contribution in [0.15, 0.2) is 12.2 Å². The zero-order valence-corrected chi connectivity index (χ0v) is 42.3. The molecule has 364 valence electrons. The van der Waals surface area contributed by atoms with E-state index in [1.807, 2.05) is 27.2 Å². The molecule has 0 aromatic carbocycles. The number of quaternary nitrogens is 1. The number of aliphatic hydroxyl groups excluding tert-OH is 1. The molecule has 0 saturated carbocycles. The van der Waals surface area contributed by atoms with E-state index in [2.05, 4.69) is 19.2 Å². The zero-order valence-electron chi connectivity index (χ0n) is 41.4. The first-order valence-corrected chi connectivity index (χ1v) is 28.0. The number of amides is 1. The lowest BCUT2D eigenvalue weighted by molar-refractivity contribution is -0.870. The normalized spacial score (nSPS) is 14.1. The molecular weight excluding hydrogens is 780 g/mol. The molecule has 0 aromatic rings. The molecule has 0 aliphatic heterocycles. The molecule has 0 saturated heterocycles. The molecule has 0 radical (unpaired) electrons. The predicted molar refractivity (Wildman–Crippen MR) is 261 cm³/mol. The van der Waals surface area contributed by atoms with E-state index >= 15 is 0 Å². The number of hydrogen-bond donors (Lipinski definition) is 2. The van der Waals surface area contributed by atoms with Gasteiger partial charge in [0.05, 0.1) is 39.9 Å². The quantitative estimate of drug-likeness (QED) is 0.0273. The van der Waals surface area contributed by atoms with Crippen LogP contribution in [-0.2, 0) is 18.4 Å². The maximum atomic E-state index is 12.9. The van der Waals surface area contributed by atoms with E-state index < -0.39 is 20.0 Å². The average Bonchev–Trinajstić information content (AvgIpc) is 3.21. The summed E-state index contributed by atoms with van der Waals surface area (Å²) in [5.74, 6) is -0.193. The number of phosphoric acid groups is 1. The van der Waals surface area contributed by atoms with Crippen LogP contribution < -0.4 is 10.2 Å². The SMILES string of the molecule is CCCCCCCCCCC/C=C/[C@@H](O)[C@H](COP(=O)([O-])OCC[N+](C)(C)C)NC(=O)CCCCCCCCCCCCCCCCCCCCCCCCCCCCCC. The molecule has 0 aliphatic rings. The molecule has 2 N–H and O–H groups in total. The van der Waals surface area contributed by atoms with E-state index in [1.54, 1.807) is 6.08 Å². The first-order valence-electron chi connectivity index (χ1n) is 26.6. The Balaban J connectivity index is 4.03. The topological polar surface area (TPSA) is 108 Å². The Bertz CT molecular complexity index is 1000. The van der Waals surface area contributed by atoms with Gasteiger partial charge in [0.2, 0.25) is 5.91 Å². The fourth-order valence-electron chi connectivity index (χ4n) is 8.04. The van der Waals surface area contributed by atoms with Gasteiger partial charge in [0.25, 0.3) is 7.82 Å². The van der Waals surface area contributed by atoms with Gasteiger partial charge in [-0.25, -0.2) is 0 Å². The number of nitrogens with one attached hydrogen (secondary N) is 1. The Kier molecular flexibility index (Phi) is 43.9. The van der Waals surface area contributed by atoms with Crippen LogP contribution in [0.1, 0.15) is 264 Å². The Morgan fingerprint density at radius 1 is 0.557 bits per heavy atom. The van der Waals surface area contributed by atoms with E-state index in [9.17, 15) is 19.4 Å². The van der Waals surface area contributed by atoms with Crippen LogP contribution in [-0.4, -0.2) is 68.5 Å². The molecule has 0 spiro atoms. The van der Waals surface area contributed by atoms with Crippen molar-refractivity contribution in [2.45, 2.75) is 276 Å². The Morgan fingerprint density at radius 2 is 0.885 bits per heavy atom. The van der Waals surface area contributed by atoms with E-state index in [4.69, 9.17) is 9.05 Å². The monoisotopic (exact) mass is 885 g/mol. The fourth-order valence-corrected chi connectivity index (χ4v) is 8.76. The summed E-state index contributed by atoms with van der Waals surface area (Å²) in [7, 11) is 1.27. The van der Waals surface area contributed by atoms with Crippen molar-refractivity contribution in [2.75, 3.05) is 40.9 Å². The second-order valence-corrected chi connectivity index (χ2v) is 21.0. The minimum atomic E-state index is -4.58. The molecule has 9 heteroatoms. The highest BCUT2D eigenvalue weighted by atomic mass is 31.2. The molecule has 8 nitrogen and oxygen atoms in total. The summed E-state index contributed by atoms with van der Waals surface area (Å²) >= 11 is 0. The van der Waals surface area contributed by atoms with E-state index in [1.165, 1.54) is 205 Å². The van der Waals surface area contributed by atoms with Crippen LogP contribution in [0, 0.1) is 0 Å². The smallest absolute Gasteiger partial charge is 0.268 e. The number of unbranched alkanes of at least 4 members (excludes halogenated alkanes) is 36. The third-order valence-electron chi connectivity index (χ3n) is 12.2. The number of likely N-dealkylation sites (N-methyl/N-ethyl adjacent to an activating group) is 1. The molecule has 1 amide bonds. The number of aliphatic hydroxyl groups is 1. The van der Waals surface area contributed by atoms with Gasteiger partial charge < -0.3 is 28.8 Å². The highest BCUT2D eigenvalue weighted by molar-refractivity contribution is 7.45. The third-order valence-corrected chi connectivity index (χ3v) is 13.2. The lowest BCUT2D eigenvalue weighted by atomic mass is 10.0. The summed E-state index contributed by atoms with van der Waals surface area (Å²) in [6.07, 6.45) is 52.9. The number of hydrogen-bond acceptors (Lipinski definition) is 6. The average molecular weight is 885 g/mol. The van der Waals surface area contributed by atoms with Gasteiger partial charge >= 0.3 is 0 Å². The van der Waals surface area contributed by atoms with Crippen LogP contribution in [0.2, 0.25) is 0 Å². The molecule has 61 heavy (non-hydrogen) atoms. The summed E-state index contributed by atoms with van der Waals surface area (Å²) in [6.45, 7) is 4.66. The number of carbonyl (C=O) groups excluding carboxylic acids is 1. The molecule has 0 aliphatic carbocycles. The number of carbonyl (C=O) groups is 1. The van der Waals surface area contributed by atoms with Crippen LogP contribution in [0.25, 0.3) is 0 Å². The van der Waals surface area contributed by atoms with E-state index in [0.29, 0.717) is 17.4 Å². The maximum Gasteiger partial charge on any atom is 0.268 e. The van der Waals surface area contributed by atoms with Gasteiger partial charge in [0, 0.05) is 6.42 Å². The lowest BCUT2D eigenvalue weighted by Crippen LogP contribution is -2.45. The van der Waals surface area contributed by atoms with Gasteiger partial charge in [-0.15, -0.1) is 0 Å². The first kappa shape index (κ1) is 60.2. The van der Waals surface area contributed by atoms with Gasteiger partial charge in [-0.2, -0.15) is 0 Å². The fraction of sp³-hybridized carbons (Fsp3) is 0.942. The van der Waals surface area contributed by atoms with Crippen LogP contribution in [0.5, 0.6) is 0 Å². The largest absolute Gasteiger partial charge is 0.756 e. The van der Waals surface area contributed by atoms with Gasteiger partial charge in [0.1, 0.15) is 13.2 Å². The van der Waals surface area contributed by atoms with Gasteiger partial charge in [-0.05, 0) is 19.3 Å². The lowest BCUT2D eigenvalue weighted by Gasteiger charge is -2.29. The second-order valence-electron chi connectivity index (χ2n) is 19.6. The maximum absolute atomic E-state index is 12.9. The number of nitrogens with zero attached hydrogens (tertiary/aromatic N) is 1. The van der Waals surface area contributed by atoms with Crippen molar-refractivity contribution in [1.29, 1.82) is 0 Å². The highest BCUT2D eigenvalue weighted by Crippen LogP contribution is 2.38. The summed E-state index contributed by atoms with van der Waals surface area (Å²) in [5, 5.41) is 13.8. The number of phosphoric ester groups is 1. The van der Waals surface area contributed by atoms with Gasteiger partial charge in [0.15, 0.2) is 0 Å². The van der Waals surface area contributed by atoms with Crippen molar-refractivity contribution in [1.82, 2.24) is 5.32 Å². The van der Waals surface area contributed by atoms with Crippen LogP contribution in [0.4, 0.5) is 0 Å². The van der Waals surface area contributed by atoms with Crippen molar-refractivity contribution in [3.05, 3.63) is 12.2 Å². The molecule has 0 fully saturated rings. The molecule has 1 unspecified atom stereocenters. The number of rotatable bonds is 49. The second kappa shape index (κ2) is 44.4. The standard InChI is InChI=1S/C52H105N2O6P/c1-6-8-10-12-14-16-18-19-20-21-22-23-24-25-26-27-28-29-30-31-32-33-34-36-38-40-42-44-46-52(56)53-50(49-60-61(57,58)59-48-47-54(3,4)5)51(55)45-43-41-39-37-35-17-15-13-11-9-7-2/h43,45,50-51,55H,6-42,44,46-49H2,1-5H3,(H-,53,56,57,58)/b45-43+/t50-,51+/m0/s1. The molecule has 3 atom stereocenters. The minimum absolute atomic E-state index is 0.00213. The van der Waals surface area contributed by atoms with Gasteiger partial charge in [-0.3, -0.25) is 9.36 Å². The van der Waals surface area contributed by atoms with Crippen molar-refractivity contribution in [3.8, 4) is 0 Å². The Labute approximate surface area is 380 Å². The minimum Gasteiger partial charge on any atom is -0.756 e. The van der Waals surface area contributed by atoms with Crippen molar-refractivity contribution in [2.24, 2.45) is 0 Å². The Morgan fingerprint density at radius 3 is 1.23 bits per heavy atom. The summed E-state index contributed by atoms with van der Waals surface area (Å²) < 4.78 is 23.2. The molecule has 0 heterocycles. The van der Waals surface area contributed by atoms with Crippen molar-refractivity contribution in [3.63, 3.8) is 0 Å². The van der Waals surface area contributed by atoms with Crippen molar-refractivity contribution >= 4 is 13.7 Å². The molecule has 0 bridgehead atoms. The summed E-state index contributed by atoms with van der Waals surface area (Å²) in [4.78, 5) is 25.3. The van der Waals surface area contributed by atoms with E-state index in [0.717, 1.165) is 38.5 Å². The number of allylic oxidation sites excluding steroid dienone is 1. The molecule has 0 aromatic heterocycles. The third kappa shape index (κ3) is 47.0. The first-order chi connectivity index (χ1) is 29.5. The van der Waals surface area contributed by atoms with E-state index in [-0.39, 0.29) is 19.1 Å². The van der Waals surface area contributed by atoms with Crippen molar-refractivity contribution < 1.29 is 32.9 Å². The Hall–Kier alpha value is -0.760. The molecule has 0 rings (SSSR count). The highest BCUT2D eigenvalue weighted by Gasteiger charge is 2.23. The van der Waals surface area contributed by atoms with Crippen LogP contribution >= 0.6 is 7.82 Å². The van der Waals surface area contributed by atoms with Crippen LogP contribution in [0.3, 0.4) is 0 Å². The zero-order chi connectivity index (χ0) is 45.0. The summed E-state index contributed by atoms with van der Waals surface area (Å²) in [6, 6.07) is -0.880. The summed E-state index contributed by atoms with van der Waals surface area (Å²) in [5.41, 5.74) is 0.